The number of carbonyl (C=O) groups excluding carboxylic acids is 2. The molecular weight excluding hydrogens is 320 g/mol. The second-order valence-corrected chi connectivity index (χ2v) is 5.33. The van der Waals surface area contributed by atoms with E-state index in [1.54, 1.807) is 31.4 Å². The van der Waals surface area contributed by atoms with Crippen molar-refractivity contribution < 1.29 is 19.1 Å². The number of methoxy groups -OCH3 is 2. The quantitative estimate of drug-likeness (QED) is 0.771. The van der Waals surface area contributed by atoms with E-state index in [2.05, 4.69) is 10.6 Å². The van der Waals surface area contributed by atoms with Crippen molar-refractivity contribution in [3.8, 4) is 11.5 Å². The van der Waals surface area contributed by atoms with E-state index < -0.39 is 0 Å². The van der Waals surface area contributed by atoms with Crippen LogP contribution >= 0.6 is 0 Å². The van der Waals surface area contributed by atoms with E-state index in [1.807, 2.05) is 24.3 Å². The van der Waals surface area contributed by atoms with Crippen LogP contribution in [-0.4, -0.2) is 32.6 Å². The lowest BCUT2D eigenvalue weighted by Gasteiger charge is -2.09. The number of benzene rings is 2. The number of amides is 2. The zero-order valence-electron chi connectivity index (χ0n) is 14.4. The fourth-order valence-corrected chi connectivity index (χ4v) is 2.25. The second-order valence-electron chi connectivity index (χ2n) is 5.33. The topological polar surface area (TPSA) is 76.7 Å². The molecule has 132 valence electrons. The zero-order valence-corrected chi connectivity index (χ0v) is 14.4. The van der Waals surface area contributed by atoms with E-state index in [4.69, 9.17) is 9.47 Å². The Morgan fingerprint density at radius 1 is 0.920 bits per heavy atom. The smallest absolute Gasteiger partial charge is 0.255 e. The molecule has 2 N–H and O–H groups in total. The summed E-state index contributed by atoms with van der Waals surface area (Å²) >= 11 is 0. The minimum absolute atomic E-state index is 0.129. The van der Waals surface area contributed by atoms with Crippen LogP contribution in [0.4, 0.5) is 0 Å². The Bertz CT molecular complexity index is 714. The van der Waals surface area contributed by atoms with Crippen molar-refractivity contribution >= 4 is 11.8 Å². The van der Waals surface area contributed by atoms with Crippen LogP contribution in [0.2, 0.25) is 0 Å². The van der Waals surface area contributed by atoms with Gasteiger partial charge in [-0.25, -0.2) is 0 Å². The van der Waals surface area contributed by atoms with Crippen LogP contribution in [0.3, 0.4) is 0 Å². The number of para-hydroxylation sites is 1. The molecule has 0 fully saturated rings. The molecular formula is C19H22N2O4. The third-order valence-corrected chi connectivity index (χ3v) is 3.64. The Hall–Kier alpha value is -3.02. The first kappa shape index (κ1) is 18.3. The Labute approximate surface area is 147 Å². The first-order valence-electron chi connectivity index (χ1n) is 7.95. The number of rotatable bonds is 8. The monoisotopic (exact) mass is 342 g/mol. The lowest BCUT2D eigenvalue weighted by molar-refractivity contribution is -0.121. The molecule has 0 atom stereocenters. The van der Waals surface area contributed by atoms with Gasteiger partial charge in [0.25, 0.3) is 5.91 Å². The van der Waals surface area contributed by atoms with Crippen LogP contribution in [0.5, 0.6) is 11.5 Å². The van der Waals surface area contributed by atoms with Gasteiger partial charge in [-0.05, 0) is 29.8 Å². The van der Waals surface area contributed by atoms with Crippen LogP contribution < -0.4 is 20.1 Å². The first-order chi connectivity index (χ1) is 12.1. The molecule has 0 heterocycles. The summed E-state index contributed by atoms with van der Waals surface area (Å²) in [5.74, 6) is 0.884. The van der Waals surface area contributed by atoms with Crippen molar-refractivity contribution in [2.75, 3.05) is 20.8 Å². The number of carbonyl (C=O) groups is 2. The number of ether oxygens (including phenoxy) is 2. The molecule has 6 nitrogen and oxygen atoms in total. The molecule has 0 aromatic heterocycles. The molecule has 0 radical (unpaired) electrons. The van der Waals surface area contributed by atoms with Gasteiger partial charge in [0.15, 0.2) is 0 Å². The van der Waals surface area contributed by atoms with E-state index >= 15 is 0 Å². The molecule has 0 aliphatic heterocycles. The van der Waals surface area contributed by atoms with Crippen LogP contribution in [0.15, 0.2) is 48.5 Å². The van der Waals surface area contributed by atoms with Gasteiger partial charge in [0, 0.05) is 19.5 Å². The number of hydrogen-bond acceptors (Lipinski definition) is 4. The molecule has 0 bridgehead atoms. The van der Waals surface area contributed by atoms with Crippen molar-refractivity contribution in [3.63, 3.8) is 0 Å². The van der Waals surface area contributed by atoms with E-state index in [9.17, 15) is 9.59 Å². The standard InChI is InChI=1S/C19H22N2O4/c1-24-15-9-7-14(8-10-15)13-21-18(22)11-12-20-19(23)16-5-3-4-6-17(16)25-2/h3-10H,11-13H2,1-2H3,(H,20,23)(H,21,22). The van der Waals surface area contributed by atoms with Crippen LogP contribution in [0.25, 0.3) is 0 Å². The molecule has 2 rings (SSSR count). The molecule has 0 aliphatic carbocycles. The summed E-state index contributed by atoms with van der Waals surface area (Å²) in [6, 6.07) is 14.4. The van der Waals surface area contributed by atoms with Gasteiger partial charge in [-0.3, -0.25) is 9.59 Å². The summed E-state index contributed by atoms with van der Waals surface area (Å²) < 4.78 is 10.2. The van der Waals surface area contributed by atoms with Gasteiger partial charge in [0.1, 0.15) is 11.5 Å². The molecule has 2 aromatic rings. The summed E-state index contributed by atoms with van der Waals surface area (Å²) in [6.45, 7) is 0.689. The Balaban J connectivity index is 1.73. The SMILES string of the molecule is COc1ccc(CNC(=O)CCNC(=O)c2ccccc2OC)cc1. The van der Waals surface area contributed by atoms with Crippen molar-refractivity contribution in [2.45, 2.75) is 13.0 Å². The third kappa shape index (κ3) is 5.53. The van der Waals surface area contributed by atoms with Crippen LogP contribution in [-0.2, 0) is 11.3 Å². The van der Waals surface area contributed by atoms with E-state index in [-0.39, 0.29) is 24.8 Å². The predicted molar refractivity (Wildman–Crippen MR) is 94.8 cm³/mol. The van der Waals surface area contributed by atoms with E-state index in [0.29, 0.717) is 17.9 Å². The highest BCUT2D eigenvalue weighted by Gasteiger charge is 2.11. The molecule has 6 heteroatoms. The van der Waals surface area contributed by atoms with Gasteiger partial charge in [-0.2, -0.15) is 0 Å². The van der Waals surface area contributed by atoms with Crippen molar-refractivity contribution in [1.82, 2.24) is 10.6 Å². The van der Waals surface area contributed by atoms with Crippen molar-refractivity contribution in [1.29, 1.82) is 0 Å². The minimum atomic E-state index is -0.264. The van der Waals surface area contributed by atoms with Gasteiger partial charge in [-0.15, -0.1) is 0 Å². The maximum Gasteiger partial charge on any atom is 0.255 e. The molecule has 0 saturated carbocycles. The normalized spacial score (nSPS) is 10.0. The number of nitrogens with one attached hydrogen (secondary N) is 2. The second kappa shape index (κ2) is 9.32. The van der Waals surface area contributed by atoms with Crippen molar-refractivity contribution in [3.05, 3.63) is 59.7 Å². The molecule has 25 heavy (non-hydrogen) atoms. The summed E-state index contributed by atoms with van der Waals surface area (Å²) in [4.78, 5) is 24.0. The maximum atomic E-state index is 12.1. The Morgan fingerprint density at radius 3 is 2.32 bits per heavy atom. The lowest BCUT2D eigenvalue weighted by Crippen LogP contribution is -2.30. The highest BCUT2D eigenvalue weighted by molar-refractivity contribution is 5.97. The summed E-state index contributed by atoms with van der Waals surface area (Å²) in [5.41, 5.74) is 1.43. The molecule has 2 aromatic carbocycles. The fourth-order valence-electron chi connectivity index (χ4n) is 2.25. The van der Waals surface area contributed by atoms with E-state index in [1.165, 1.54) is 7.11 Å². The van der Waals surface area contributed by atoms with Crippen molar-refractivity contribution in [2.24, 2.45) is 0 Å². The lowest BCUT2D eigenvalue weighted by atomic mass is 10.2. The average Bonchev–Trinajstić information content (AvgIpc) is 2.66. The van der Waals surface area contributed by atoms with Gasteiger partial charge in [-0.1, -0.05) is 24.3 Å². The first-order valence-corrected chi connectivity index (χ1v) is 7.95. The minimum Gasteiger partial charge on any atom is -0.497 e. The average molecular weight is 342 g/mol. The molecule has 0 spiro atoms. The van der Waals surface area contributed by atoms with E-state index in [0.717, 1.165) is 11.3 Å². The van der Waals surface area contributed by atoms with Gasteiger partial charge in [0.05, 0.1) is 19.8 Å². The largest absolute Gasteiger partial charge is 0.497 e. The Morgan fingerprint density at radius 2 is 1.64 bits per heavy atom. The zero-order chi connectivity index (χ0) is 18.1. The Kier molecular flexibility index (Phi) is 6.83. The molecule has 2 amide bonds. The molecule has 0 saturated heterocycles. The summed E-state index contributed by atoms with van der Waals surface area (Å²) in [6.07, 6.45) is 0.205. The summed E-state index contributed by atoms with van der Waals surface area (Å²) in [5, 5.41) is 5.54. The molecule has 0 unspecified atom stereocenters. The molecule has 0 aliphatic rings. The fraction of sp³-hybridized carbons (Fsp3) is 0.263. The highest BCUT2D eigenvalue weighted by atomic mass is 16.5. The van der Waals surface area contributed by atoms with Gasteiger partial charge in [0.2, 0.25) is 5.91 Å². The maximum absolute atomic E-state index is 12.1. The third-order valence-electron chi connectivity index (χ3n) is 3.64. The van der Waals surface area contributed by atoms with Crippen LogP contribution in [0, 0.1) is 0 Å². The van der Waals surface area contributed by atoms with Gasteiger partial charge >= 0.3 is 0 Å². The number of hydrogen-bond donors (Lipinski definition) is 2. The predicted octanol–water partition coefficient (Wildman–Crippen LogP) is 2.14. The van der Waals surface area contributed by atoms with Gasteiger partial charge < -0.3 is 20.1 Å². The van der Waals surface area contributed by atoms with Crippen LogP contribution in [0.1, 0.15) is 22.3 Å². The highest BCUT2D eigenvalue weighted by Crippen LogP contribution is 2.16. The summed E-state index contributed by atoms with van der Waals surface area (Å²) in [7, 11) is 3.12.